The van der Waals surface area contributed by atoms with Gasteiger partial charge in [0.25, 0.3) is 5.87 Å². The molecular formula is C11H21BNO2. The summed E-state index contributed by atoms with van der Waals surface area (Å²) in [6, 6.07) is 0. The normalized spacial score (nSPS) is 14.3. The summed E-state index contributed by atoms with van der Waals surface area (Å²) in [5, 5.41) is 11.7. The summed E-state index contributed by atoms with van der Waals surface area (Å²) in [7, 11) is 1.14. The molecule has 0 aromatic rings. The summed E-state index contributed by atoms with van der Waals surface area (Å²) in [5.74, 6) is -0.925. The first-order valence-electron chi connectivity index (χ1n) is 5.44. The highest BCUT2D eigenvalue weighted by Gasteiger charge is 2.27. The highest BCUT2D eigenvalue weighted by Crippen LogP contribution is 2.24. The van der Waals surface area contributed by atoms with Crippen molar-refractivity contribution in [1.29, 1.82) is 0 Å². The lowest BCUT2D eigenvalue weighted by Crippen LogP contribution is -2.48. The molecule has 0 aromatic heterocycles. The van der Waals surface area contributed by atoms with E-state index < -0.39 is 5.87 Å². The van der Waals surface area contributed by atoms with E-state index in [1.54, 1.807) is 0 Å². The van der Waals surface area contributed by atoms with Crippen LogP contribution in [0.25, 0.3) is 0 Å². The Balaban J connectivity index is 4.48. The first kappa shape index (κ1) is 14.2. The summed E-state index contributed by atoms with van der Waals surface area (Å²) >= 11 is 0. The Labute approximate surface area is 93.2 Å². The van der Waals surface area contributed by atoms with Crippen LogP contribution >= 0.6 is 0 Å². The second-order valence-corrected chi connectivity index (χ2v) is 4.14. The predicted octanol–water partition coefficient (Wildman–Crippen LogP) is 2.79. The molecule has 0 aliphatic heterocycles. The summed E-state index contributed by atoms with van der Waals surface area (Å²) in [6.45, 7) is 10.0. The molecule has 0 amide bonds. The van der Waals surface area contributed by atoms with Crippen LogP contribution in [0.2, 0.25) is 0 Å². The van der Waals surface area contributed by atoms with Crippen LogP contribution < -0.4 is 5.23 Å². The number of carbonyl (C=O) groups is 1. The molecule has 0 aliphatic rings. The van der Waals surface area contributed by atoms with Gasteiger partial charge >= 0.3 is 7.41 Å². The Morgan fingerprint density at radius 3 is 2.47 bits per heavy atom. The van der Waals surface area contributed by atoms with Gasteiger partial charge in [-0.1, -0.05) is 25.8 Å². The Hall–Kier alpha value is -0.765. The van der Waals surface area contributed by atoms with E-state index in [2.05, 4.69) is 25.7 Å². The average molecular weight is 210 g/mol. The van der Waals surface area contributed by atoms with E-state index in [9.17, 15) is 4.79 Å². The van der Waals surface area contributed by atoms with Gasteiger partial charge in [-0.25, -0.2) is 0 Å². The third-order valence-electron chi connectivity index (χ3n) is 2.55. The van der Waals surface area contributed by atoms with Crippen LogP contribution in [-0.4, -0.2) is 23.9 Å². The van der Waals surface area contributed by atoms with Crippen molar-refractivity contribution < 1.29 is 9.90 Å². The highest BCUT2D eigenvalue weighted by molar-refractivity contribution is 6.69. The molecule has 0 aromatic carbocycles. The van der Waals surface area contributed by atoms with E-state index in [0.717, 1.165) is 38.7 Å². The lowest BCUT2D eigenvalue weighted by Gasteiger charge is -2.34. The SMILES string of the molecule is C=C(C)CC(CC)(CCC)N[B]C(=O)O. The average Bonchev–Trinajstić information content (AvgIpc) is 2.14. The molecule has 85 valence electrons. The van der Waals surface area contributed by atoms with Crippen molar-refractivity contribution in [2.75, 3.05) is 0 Å². The Kier molecular flexibility index (Phi) is 6.33. The van der Waals surface area contributed by atoms with E-state index in [-0.39, 0.29) is 5.54 Å². The van der Waals surface area contributed by atoms with Gasteiger partial charge in [-0.3, -0.25) is 4.79 Å². The lowest BCUT2D eigenvalue weighted by atomic mass is 9.79. The molecular weight excluding hydrogens is 189 g/mol. The van der Waals surface area contributed by atoms with Crippen LogP contribution in [0, 0.1) is 0 Å². The number of hydrogen-bond donors (Lipinski definition) is 2. The number of nitrogens with one attached hydrogen (secondary N) is 1. The molecule has 0 heterocycles. The molecule has 0 bridgehead atoms. The maximum atomic E-state index is 10.5. The fourth-order valence-corrected chi connectivity index (χ4v) is 1.89. The Morgan fingerprint density at radius 2 is 2.13 bits per heavy atom. The zero-order chi connectivity index (χ0) is 11.9. The molecule has 0 saturated heterocycles. The monoisotopic (exact) mass is 210 g/mol. The van der Waals surface area contributed by atoms with Gasteiger partial charge in [0, 0.05) is 5.54 Å². The summed E-state index contributed by atoms with van der Waals surface area (Å²) in [4.78, 5) is 10.5. The predicted molar refractivity (Wildman–Crippen MR) is 64.3 cm³/mol. The largest absolute Gasteiger partial charge is 0.488 e. The minimum absolute atomic E-state index is 0.140. The topological polar surface area (TPSA) is 49.3 Å². The Morgan fingerprint density at radius 1 is 1.53 bits per heavy atom. The number of rotatable bonds is 8. The Bertz CT molecular complexity index is 231. The van der Waals surface area contributed by atoms with E-state index >= 15 is 0 Å². The zero-order valence-corrected chi connectivity index (χ0v) is 9.97. The fourth-order valence-electron chi connectivity index (χ4n) is 1.89. The van der Waals surface area contributed by atoms with Crippen molar-refractivity contribution in [3.8, 4) is 0 Å². The first-order chi connectivity index (χ1) is 6.95. The molecule has 15 heavy (non-hydrogen) atoms. The van der Waals surface area contributed by atoms with Crippen molar-refractivity contribution in [2.45, 2.75) is 52.0 Å². The maximum absolute atomic E-state index is 10.5. The van der Waals surface area contributed by atoms with Gasteiger partial charge < -0.3 is 10.3 Å². The van der Waals surface area contributed by atoms with E-state index in [4.69, 9.17) is 5.11 Å². The highest BCUT2D eigenvalue weighted by atomic mass is 16.4. The van der Waals surface area contributed by atoms with Crippen molar-refractivity contribution in [1.82, 2.24) is 5.23 Å². The number of hydrogen-bond acceptors (Lipinski definition) is 2. The minimum Gasteiger partial charge on any atom is -0.488 e. The molecule has 1 unspecified atom stereocenters. The van der Waals surface area contributed by atoms with Gasteiger partial charge in [-0.2, -0.15) is 0 Å². The van der Waals surface area contributed by atoms with Gasteiger partial charge in [0.1, 0.15) is 0 Å². The van der Waals surface area contributed by atoms with Gasteiger partial charge in [-0.05, 0) is 26.2 Å². The molecule has 0 spiro atoms. The zero-order valence-electron chi connectivity index (χ0n) is 9.97. The van der Waals surface area contributed by atoms with Crippen LogP contribution in [0.4, 0.5) is 4.79 Å². The minimum atomic E-state index is -0.925. The molecule has 4 heteroatoms. The first-order valence-corrected chi connectivity index (χ1v) is 5.44. The molecule has 0 fully saturated rings. The van der Waals surface area contributed by atoms with Crippen molar-refractivity contribution in [2.24, 2.45) is 0 Å². The summed E-state index contributed by atoms with van der Waals surface area (Å²) < 4.78 is 0. The third kappa shape index (κ3) is 5.62. The van der Waals surface area contributed by atoms with Crippen molar-refractivity contribution >= 4 is 13.3 Å². The van der Waals surface area contributed by atoms with Crippen molar-refractivity contribution in [3.63, 3.8) is 0 Å². The lowest BCUT2D eigenvalue weighted by molar-refractivity contribution is 0.218. The third-order valence-corrected chi connectivity index (χ3v) is 2.55. The molecule has 0 rings (SSSR count). The van der Waals surface area contributed by atoms with Crippen LogP contribution in [0.1, 0.15) is 46.5 Å². The molecule has 1 radical (unpaired) electrons. The smallest absolute Gasteiger partial charge is 0.354 e. The van der Waals surface area contributed by atoms with Gasteiger partial charge in [0.2, 0.25) is 0 Å². The molecule has 0 saturated carbocycles. The van der Waals surface area contributed by atoms with Gasteiger partial charge in [-0.15, -0.1) is 6.58 Å². The van der Waals surface area contributed by atoms with E-state index in [1.807, 2.05) is 6.92 Å². The molecule has 3 nitrogen and oxygen atoms in total. The summed E-state index contributed by atoms with van der Waals surface area (Å²) in [5.41, 5.74) is 0.940. The second-order valence-electron chi connectivity index (χ2n) is 4.14. The fraction of sp³-hybridized carbons (Fsp3) is 0.727. The van der Waals surface area contributed by atoms with Crippen LogP contribution in [0.3, 0.4) is 0 Å². The maximum Gasteiger partial charge on any atom is 0.354 e. The van der Waals surface area contributed by atoms with E-state index in [0.29, 0.717) is 0 Å². The van der Waals surface area contributed by atoms with E-state index in [1.165, 1.54) is 0 Å². The van der Waals surface area contributed by atoms with Gasteiger partial charge in [0.05, 0.1) is 0 Å². The summed E-state index contributed by atoms with van der Waals surface area (Å²) in [6.07, 6.45) is 3.71. The number of carboxylic acid groups (broad SMARTS) is 1. The standard InChI is InChI=1S/C11H21BNO2/c1-5-7-11(6-2,8-9(3)4)13-12-10(14)15/h13H,3,5-8H2,1-2,4H3,(H,14,15). The van der Waals surface area contributed by atoms with Crippen LogP contribution in [-0.2, 0) is 0 Å². The molecule has 0 aliphatic carbocycles. The van der Waals surface area contributed by atoms with Crippen molar-refractivity contribution in [3.05, 3.63) is 12.2 Å². The molecule has 2 N–H and O–H groups in total. The second kappa shape index (κ2) is 6.67. The molecule has 1 atom stereocenters. The quantitative estimate of drug-likeness (QED) is 0.478. The van der Waals surface area contributed by atoms with Crippen LogP contribution in [0.15, 0.2) is 12.2 Å². The van der Waals surface area contributed by atoms with Crippen LogP contribution in [0.5, 0.6) is 0 Å². The van der Waals surface area contributed by atoms with Gasteiger partial charge in [0.15, 0.2) is 0 Å².